The Kier molecular flexibility index (Phi) is 8.10. The number of carbonyl (C=O) groups excluding carboxylic acids is 2. The number of amides is 2. The van der Waals surface area contributed by atoms with Crippen molar-refractivity contribution in [2.24, 2.45) is 0 Å². The third-order valence-corrected chi connectivity index (χ3v) is 5.60. The van der Waals surface area contributed by atoms with Gasteiger partial charge in [-0.15, -0.1) is 11.3 Å². The molecule has 0 aliphatic carbocycles. The number of rotatable bonds is 9. The Morgan fingerprint density at radius 1 is 0.970 bits per heavy atom. The van der Waals surface area contributed by atoms with Crippen LogP contribution >= 0.6 is 11.3 Å². The van der Waals surface area contributed by atoms with Gasteiger partial charge in [0.2, 0.25) is 5.75 Å². The molecule has 0 aliphatic heterocycles. The molecule has 172 valence electrons. The molecule has 0 aliphatic rings. The maximum absolute atomic E-state index is 13.0. The van der Waals surface area contributed by atoms with Gasteiger partial charge in [0.25, 0.3) is 11.8 Å². The zero-order chi connectivity index (χ0) is 23.8. The number of carbonyl (C=O) groups is 2. The smallest absolute Gasteiger partial charge is 0.268 e. The van der Waals surface area contributed by atoms with E-state index in [4.69, 9.17) is 14.2 Å². The van der Waals surface area contributed by atoms with E-state index in [0.717, 1.165) is 16.0 Å². The Bertz CT molecular complexity index is 1130. The highest BCUT2D eigenvalue weighted by molar-refractivity contribution is 7.10. The average molecular weight is 467 g/mol. The molecule has 0 saturated heterocycles. The maximum Gasteiger partial charge on any atom is 0.268 e. The van der Waals surface area contributed by atoms with E-state index in [0.29, 0.717) is 22.8 Å². The Hall–Kier alpha value is -3.78. The number of ether oxygens (including phenoxy) is 3. The van der Waals surface area contributed by atoms with E-state index in [1.54, 1.807) is 36.4 Å². The molecule has 0 saturated carbocycles. The van der Waals surface area contributed by atoms with Gasteiger partial charge in [-0.1, -0.05) is 23.8 Å². The van der Waals surface area contributed by atoms with Crippen LogP contribution < -0.4 is 24.8 Å². The van der Waals surface area contributed by atoms with Crippen molar-refractivity contribution in [1.82, 2.24) is 10.6 Å². The lowest BCUT2D eigenvalue weighted by atomic mass is 10.1. The molecule has 8 heteroatoms. The summed E-state index contributed by atoms with van der Waals surface area (Å²) in [4.78, 5) is 26.7. The molecule has 0 unspecified atom stereocenters. The van der Waals surface area contributed by atoms with Crippen LogP contribution in [0.4, 0.5) is 0 Å². The van der Waals surface area contributed by atoms with Crippen molar-refractivity contribution in [3.63, 3.8) is 0 Å². The number of nitrogens with one attached hydrogen (secondary N) is 2. The van der Waals surface area contributed by atoms with Crippen LogP contribution in [0.15, 0.2) is 59.6 Å². The summed E-state index contributed by atoms with van der Waals surface area (Å²) in [6, 6.07) is 14.5. The van der Waals surface area contributed by atoms with Gasteiger partial charge in [0.15, 0.2) is 11.5 Å². The Morgan fingerprint density at radius 2 is 1.70 bits per heavy atom. The van der Waals surface area contributed by atoms with Gasteiger partial charge in [-0.05, 0) is 54.3 Å². The summed E-state index contributed by atoms with van der Waals surface area (Å²) in [5, 5.41) is 7.50. The van der Waals surface area contributed by atoms with E-state index in [1.807, 2.05) is 30.5 Å². The highest BCUT2D eigenvalue weighted by Gasteiger charge is 2.17. The highest BCUT2D eigenvalue weighted by Crippen LogP contribution is 2.38. The molecule has 0 bridgehead atoms. The second-order valence-electron chi connectivity index (χ2n) is 7.11. The lowest BCUT2D eigenvalue weighted by Gasteiger charge is -2.15. The van der Waals surface area contributed by atoms with Crippen LogP contribution in [0.2, 0.25) is 0 Å². The van der Waals surface area contributed by atoms with E-state index < -0.39 is 5.91 Å². The van der Waals surface area contributed by atoms with Gasteiger partial charge >= 0.3 is 0 Å². The van der Waals surface area contributed by atoms with Crippen molar-refractivity contribution in [3.8, 4) is 17.2 Å². The van der Waals surface area contributed by atoms with Crippen LogP contribution in [0, 0.1) is 6.92 Å². The van der Waals surface area contributed by atoms with Gasteiger partial charge in [0.1, 0.15) is 5.70 Å². The molecule has 0 radical (unpaired) electrons. The summed E-state index contributed by atoms with van der Waals surface area (Å²) in [5.41, 5.74) is 2.33. The predicted molar refractivity (Wildman–Crippen MR) is 129 cm³/mol. The minimum Gasteiger partial charge on any atom is -0.493 e. The number of hydrogen-bond donors (Lipinski definition) is 2. The van der Waals surface area contributed by atoms with Crippen LogP contribution in [0.1, 0.15) is 26.4 Å². The lowest BCUT2D eigenvalue weighted by molar-refractivity contribution is -0.117. The van der Waals surface area contributed by atoms with Crippen molar-refractivity contribution in [3.05, 3.63) is 81.2 Å². The van der Waals surface area contributed by atoms with Gasteiger partial charge in [-0.25, -0.2) is 0 Å². The minimum atomic E-state index is -0.418. The molecule has 1 heterocycles. The summed E-state index contributed by atoms with van der Waals surface area (Å²) in [7, 11) is 4.59. The van der Waals surface area contributed by atoms with Gasteiger partial charge < -0.3 is 24.8 Å². The van der Waals surface area contributed by atoms with Crippen LogP contribution in [0.3, 0.4) is 0 Å². The normalized spacial score (nSPS) is 11.0. The second kappa shape index (κ2) is 11.2. The molecule has 0 spiro atoms. The Labute approximate surface area is 197 Å². The van der Waals surface area contributed by atoms with E-state index in [1.165, 1.54) is 32.7 Å². The molecule has 0 atom stereocenters. The van der Waals surface area contributed by atoms with Crippen LogP contribution in [-0.2, 0) is 11.3 Å². The molecule has 2 aromatic carbocycles. The molecule has 2 N–H and O–H groups in total. The first-order valence-corrected chi connectivity index (χ1v) is 11.0. The van der Waals surface area contributed by atoms with Crippen molar-refractivity contribution < 1.29 is 23.8 Å². The fourth-order valence-electron chi connectivity index (χ4n) is 3.17. The molecular formula is C25H26N2O5S. The number of benzene rings is 2. The first kappa shape index (κ1) is 23.9. The molecule has 3 rings (SSSR count). The summed E-state index contributed by atoms with van der Waals surface area (Å²) in [5.74, 6) is 0.674. The quantitative estimate of drug-likeness (QED) is 0.463. The first-order valence-electron chi connectivity index (χ1n) is 10.2. The molecule has 7 nitrogen and oxygen atoms in total. The molecule has 3 aromatic rings. The summed E-state index contributed by atoms with van der Waals surface area (Å²) in [6.45, 7) is 2.10. The van der Waals surface area contributed by atoms with Crippen LogP contribution in [0.25, 0.3) is 6.08 Å². The van der Waals surface area contributed by atoms with Crippen molar-refractivity contribution in [2.45, 2.75) is 13.5 Å². The first-order chi connectivity index (χ1) is 15.9. The fourth-order valence-corrected chi connectivity index (χ4v) is 3.83. The van der Waals surface area contributed by atoms with Gasteiger partial charge in [0.05, 0.1) is 21.3 Å². The number of hydrogen-bond acceptors (Lipinski definition) is 6. The highest BCUT2D eigenvalue weighted by atomic mass is 32.1. The number of thiophene rings is 1. The molecule has 1 aromatic heterocycles. The third kappa shape index (κ3) is 6.14. The standard InChI is InChI=1S/C25H26N2O5S/c1-16-7-5-8-18(11-16)24(28)27-20(14-19-9-6-10-33-19)25(29)26-15-17-12-21(30-2)23(32-4)22(13-17)31-3/h5-14H,15H2,1-4H3,(H,26,29)(H,27,28)/b20-14-. The average Bonchev–Trinajstić information content (AvgIpc) is 3.34. The summed E-state index contributed by atoms with van der Waals surface area (Å²) in [6.07, 6.45) is 1.66. The zero-order valence-corrected chi connectivity index (χ0v) is 19.7. The topological polar surface area (TPSA) is 85.9 Å². The Balaban J connectivity index is 1.80. The Morgan fingerprint density at radius 3 is 2.27 bits per heavy atom. The van der Waals surface area contributed by atoms with Crippen molar-refractivity contribution in [1.29, 1.82) is 0 Å². The summed E-state index contributed by atoms with van der Waals surface area (Å²) >= 11 is 1.47. The minimum absolute atomic E-state index is 0.149. The number of aryl methyl sites for hydroxylation is 1. The fraction of sp³-hybridized carbons (Fsp3) is 0.200. The molecule has 33 heavy (non-hydrogen) atoms. The molecule has 0 fully saturated rings. The summed E-state index contributed by atoms with van der Waals surface area (Å²) < 4.78 is 16.1. The van der Waals surface area contributed by atoms with Crippen molar-refractivity contribution in [2.75, 3.05) is 21.3 Å². The zero-order valence-electron chi connectivity index (χ0n) is 18.9. The van der Waals surface area contributed by atoms with Crippen LogP contribution in [-0.4, -0.2) is 33.1 Å². The predicted octanol–water partition coefficient (Wildman–Crippen LogP) is 4.17. The van der Waals surface area contributed by atoms with E-state index >= 15 is 0 Å². The van der Waals surface area contributed by atoms with Gasteiger partial charge in [-0.3, -0.25) is 9.59 Å². The lowest BCUT2D eigenvalue weighted by Crippen LogP contribution is -2.34. The number of methoxy groups -OCH3 is 3. The van der Waals surface area contributed by atoms with E-state index in [9.17, 15) is 9.59 Å². The largest absolute Gasteiger partial charge is 0.493 e. The van der Waals surface area contributed by atoms with Gasteiger partial charge in [-0.2, -0.15) is 0 Å². The second-order valence-corrected chi connectivity index (χ2v) is 8.09. The SMILES string of the molecule is COc1cc(CNC(=O)/C(=C/c2cccs2)NC(=O)c2cccc(C)c2)cc(OC)c1OC. The van der Waals surface area contributed by atoms with E-state index in [2.05, 4.69) is 10.6 Å². The third-order valence-electron chi connectivity index (χ3n) is 4.78. The molecule has 2 amide bonds. The molecular weight excluding hydrogens is 440 g/mol. The maximum atomic E-state index is 13.0. The monoisotopic (exact) mass is 466 g/mol. The van der Waals surface area contributed by atoms with E-state index in [-0.39, 0.29) is 18.1 Å². The van der Waals surface area contributed by atoms with Crippen LogP contribution in [0.5, 0.6) is 17.2 Å². The van der Waals surface area contributed by atoms with Crippen molar-refractivity contribution >= 4 is 29.2 Å². The van der Waals surface area contributed by atoms with Gasteiger partial charge in [0, 0.05) is 17.0 Å².